The number of benzene rings is 4. The fourth-order valence-electron chi connectivity index (χ4n) is 4.93. The standard InChI is InChI=1S/C36H31N7/c37-22-32(23-38)21-33-34(42(24-28-13-5-1-6-14-28)25-29-15-7-2-8-16-29)40-36(39)41-35(33)43(26-30-17-9-3-10-18-30)27-31-19-11-4-12-20-31/h1-21H,24-27H2,(H2,39,40,41). The zero-order chi connectivity index (χ0) is 29.9. The molecule has 0 fully saturated rings. The van der Waals surface area contributed by atoms with Crippen molar-refractivity contribution in [2.75, 3.05) is 15.5 Å². The predicted molar refractivity (Wildman–Crippen MR) is 171 cm³/mol. The molecular weight excluding hydrogens is 530 g/mol. The summed E-state index contributed by atoms with van der Waals surface area (Å²) in [5.41, 5.74) is 11.3. The molecule has 7 heteroatoms. The summed E-state index contributed by atoms with van der Waals surface area (Å²) < 4.78 is 0. The van der Waals surface area contributed by atoms with Crippen LogP contribution in [0.5, 0.6) is 0 Å². The molecule has 5 rings (SSSR count). The number of hydrogen-bond acceptors (Lipinski definition) is 7. The lowest BCUT2D eigenvalue weighted by molar-refractivity contribution is 0.760. The maximum Gasteiger partial charge on any atom is 0.223 e. The number of rotatable bonds is 11. The van der Waals surface area contributed by atoms with Crippen LogP contribution in [-0.2, 0) is 26.2 Å². The van der Waals surface area contributed by atoms with Crippen molar-refractivity contribution < 1.29 is 0 Å². The van der Waals surface area contributed by atoms with Crippen LogP contribution in [0, 0.1) is 22.7 Å². The predicted octanol–water partition coefficient (Wildman–Crippen LogP) is 6.90. The number of nitrogen functional groups attached to an aromatic ring is 1. The third kappa shape index (κ3) is 7.64. The number of nitrogens with two attached hydrogens (primary N) is 1. The molecule has 0 saturated carbocycles. The summed E-state index contributed by atoms with van der Waals surface area (Å²) in [6.07, 6.45) is 1.58. The number of hydrogen-bond donors (Lipinski definition) is 1. The van der Waals surface area contributed by atoms with Gasteiger partial charge >= 0.3 is 0 Å². The molecule has 0 unspecified atom stereocenters. The third-order valence-corrected chi connectivity index (χ3v) is 6.92. The molecule has 0 aliphatic rings. The van der Waals surface area contributed by atoms with Gasteiger partial charge in [0.1, 0.15) is 29.3 Å². The molecule has 2 N–H and O–H groups in total. The first-order valence-electron chi connectivity index (χ1n) is 14.0. The second-order valence-corrected chi connectivity index (χ2v) is 10.1. The van der Waals surface area contributed by atoms with Crippen molar-refractivity contribution in [2.45, 2.75) is 26.2 Å². The highest BCUT2D eigenvalue weighted by atomic mass is 15.3. The molecule has 210 valence electrons. The Labute approximate surface area is 252 Å². The van der Waals surface area contributed by atoms with Crippen LogP contribution in [0.4, 0.5) is 17.6 Å². The fourth-order valence-corrected chi connectivity index (χ4v) is 4.93. The second kappa shape index (κ2) is 14.1. The average Bonchev–Trinajstić information content (AvgIpc) is 3.05. The quantitative estimate of drug-likeness (QED) is 0.175. The normalized spacial score (nSPS) is 10.3. The molecule has 0 bridgehead atoms. The molecule has 0 aliphatic carbocycles. The van der Waals surface area contributed by atoms with E-state index in [1.54, 1.807) is 6.08 Å². The van der Waals surface area contributed by atoms with Crippen molar-refractivity contribution in [1.29, 1.82) is 10.5 Å². The van der Waals surface area contributed by atoms with Crippen LogP contribution >= 0.6 is 0 Å². The maximum absolute atomic E-state index is 9.81. The molecule has 0 aliphatic heterocycles. The lowest BCUT2D eigenvalue weighted by atomic mass is 10.1. The molecule has 1 heterocycles. The molecule has 0 atom stereocenters. The van der Waals surface area contributed by atoms with Gasteiger partial charge in [-0.05, 0) is 28.3 Å². The van der Waals surface area contributed by atoms with E-state index in [9.17, 15) is 10.5 Å². The Morgan fingerprint density at radius 1 is 0.558 bits per heavy atom. The smallest absolute Gasteiger partial charge is 0.223 e. The zero-order valence-electron chi connectivity index (χ0n) is 23.7. The van der Waals surface area contributed by atoms with Crippen LogP contribution in [0.15, 0.2) is 127 Å². The van der Waals surface area contributed by atoms with Crippen LogP contribution in [-0.4, -0.2) is 9.97 Å². The van der Waals surface area contributed by atoms with Gasteiger partial charge in [-0.15, -0.1) is 0 Å². The minimum Gasteiger partial charge on any atom is -0.368 e. The average molecular weight is 562 g/mol. The van der Waals surface area contributed by atoms with Gasteiger partial charge < -0.3 is 15.5 Å². The summed E-state index contributed by atoms with van der Waals surface area (Å²) in [5, 5.41) is 19.6. The van der Waals surface area contributed by atoms with Gasteiger partial charge in [-0.3, -0.25) is 0 Å². The van der Waals surface area contributed by atoms with Gasteiger partial charge in [-0.1, -0.05) is 121 Å². The van der Waals surface area contributed by atoms with Gasteiger partial charge in [-0.25, -0.2) is 0 Å². The molecule has 0 saturated heterocycles. The molecule has 1 aromatic heterocycles. The van der Waals surface area contributed by atoms with Crippen LogP contribution in [0.2, 0.25) is 0 Å². The van der Waals surface area contributed by atoms with Gasteiger partial charge in [0.25, 0.3) is 0 Å². The highest BCUT2D eigenvalue weighted by Crippen LogP contribution is 2.34. The van der Waals surface area contributed by atoms with E-state index in [4.69, 9.17) is 15.7 Å². The summed E-state index contributed by atoms with van der Waals surface area (Å²) >= 11 is 0. The van der Waals surface area contributed by atoms with Crippen LogP contribution in [0.1, 0.15) is 27.8 Å². The highest BCUT2D eigenvalue weighted by molar-refractivity contribution is 5.79. The first kappa shape index (κ1) is 28.6. The Kier molecular flexibility index (Phi) is 9.39. The van der Waals surface area contributed by atoms with E-state index in [1.807, 2.05) is 84.9 Å². The van der Waals surface area contributed by atoms with Crippen molar-refractivity contribution in [3.63, 3.8) is 0 Å². The van der Waals surface area contributed by atoms with Crippen LogP contribution < -0.4 is 15.5 Å². The monoisotopic (exact) mass is 561 g/mol. The van der Waals surface area contributed by atoms with Crippen molar-refractivity contribution in [1.82, 2.24) is 9.97 Å². The summed E-state index contributed by atoms with van der Waals surface area (Å²) in [5.74, 6) is 1.20. The first-order chi connectivity index (χ1) is 21.1. The Morgan fingerprint density at radius 3 is 1.14 bits per heavy atom. The number of allylic oxidation sites excluding steroid dienone is 1. The molecule has 0 radical (unpaired) electrons. The van der Waals surface area contributed by atoms with E-state index >= 15 is 0 Å². The van der Waals surface area contributed by atoms with E-state index in [1.165, 1.54) is 0 Å². The largest absolute Gasteiger partial charge is 0.368 e. The van der Waals surface area contributed by atoms with Gasteiger partial charge in [0.15, 0.2) is 0 Å². The molecule has 5 aromatic rings. The number of nitriles is 2. The van der Waals surface area contributed by atoms with E-state index in [-0.39, 0.29) is 11.5 Å². The van der Waals surface area contributed by atoms with E-state index in [2.05, 4.69) is 58.3 Å². The number of nitrogens with zero attached hydrogens (tertiary/aromatic N) is 6. The maximum atomic E-state index is 9.81. The molecule has 7 nitrogen and oxygen atoms in total. The van der Waals surface area contributed by atoms with Crippen LogP contribution in [0.25, 0.3) is 6.08 Å². The molecule has 0 spiro atoms. The summed E-state index contributed by atoms with van der Waals surface area (Å²) in [6.45, 7) is 2.10. The number of anilines is 3. The lowest BCUT2D eigenvalue weighted by Crippen LogP contribution is -2.28. The fraction of sp³-hybridized carbons (Fsp3) is 0.111. The van der Waals surface area contributed by atoms with Crippen LogP contribution in [0.3, 0.4) is 0 Å². The summed E-state index contributed by atoms with van der Waals surface area (Å²) in [7, 11) is 0. The van der Waals surface area contributed by atoms with Gasteiger partial charge in [0, 0.05) is 26.2 Å². The Bertz CT molecular complexity index is 1530. The molecule has 43 heavy (non-hydrogen) atoms. The van der Waals surface area contributed by atoms with Gasteiger partial charge in [-0.2, -0.15) is 20.5 Å². The van der Waals surface area contributed by atoms with Crippen molar-refractivity contribution in [2.24, 2.45) is 0 Å². The molecule has 0 amide bonds. The topological polar surface area (TPSA) is 106 Å². The SMILES string of the molecule is N#CC(C#N)=Cc1c(N(Cc2ccccc2)Cc2ccccc2)nc(N)nc1N(Cc1ccccc1)Cc1ccccc1. The van der Waals surface area contributed by atoms with Crippen molar-refractivity contribution in [3.8, 4) is 12.1 Å². The second-order valence-electron chi connectivity index (χ2n) is 10.1. The van der Waals surface area contributed by atoms with E-state index in [0.717, 1.165) is 22.3 Å². The molecule has 4 aromatic carbocycles. The Balaban J connectivity index is 1.71. The third-order valence-electron chi connectivity index (χ3n) is 6.92. The molecular formula is C36H31N7. The van der Waals surface area contributed by atoms with Crippen molar-refractivity contribution >= 4 is 23.7 Å². The minimum atomic E-state index is -0.0467. The number of aromatic nitrogens is 2. The summed E-state index contributed by atoms with van der Waals surface area (Å²) in [4.78, 5) is 13.7. The minimum absolute atomic E-state index is 0.0467. The van der Waals surface area contributed by atoms with Gasteiger partial charge in [0.2, 0.25) is 5.95 Å². The Hall–Kier alpha value is -5.92. The lowest BCUT2D eigenvalue weighted by Gasteiger charge is -2.30. The Morgan fingerprint density at radius 2 is 0.860 bits per heavy atom. The first-order valence-corrected chi connectivity index (χ1v) is 14.0. The summed E-state index contributed by atoms with van der Waals surface area (Å²) in [6, 6.07) is 44.5. The van der Waals surface area contributed by atoms with E-state index in [0.29, 0.717) is 43.4 Å². The van der Waals surface area contributed by atoms with Crippen molar-refractivity contribution in [3.05, 3.63) is 155 Å². The zero-order valence-corrected chi connectivity index (χ0v) is 23.7. The van der Waals surface area contributed by atoms with Gasteiger partial charge in [0.05, 0.1) is 5.56 Å². The van der Waals surface area contributed by atoms with E-state index < -0.39 is 0 Å². The highest BCUT2D eigenvalue weighted by Gasteiger charge is 2.23.